The summed E-state index contributed by atoms with van der Waals surface area (Å²) >= 11 is 0. The van der Waals surface area contributed by atoms with Gasteiger partial charge in [-0.25, -0.2) is 13.6 Å². The summed E-state index contributed by atoms with van der Waals surface area (Å²) in [6.07, 6.45) is 3.04. The highest BCUT2D eigenvalue weighted by Crippen LogP contribution is 2.37. The summed E-state index contributed by atoms with van der Waals surface area (Å²) in [5.41, 5.74) is 1.37. The average molecular weight is 310 g/mol. The van der Waals surface area contributed by atoms with Crippen LogP contribution in [0.3, 0.4) is 0 Å². The number of hydrogen-bond donors (Lipinski definition) is 2. The fourth-order valence-electron chi connectivity index (χ4n) is 2.89. The van der Waals surface area contributed by atoms with E-state index in [0.717, 1.165) is 19.3 Å². The molecule has 5 nitrogen and oxygen atoms in total. The highest BCUT2D eigenvalue weighted by Gasteiger charge is 2.32. The molecular weight excluding hydrogens is 288 g/mol. The van der Waals surface area contributed by atoms with Gasteiger partial charge < -0.3 is 5.32 Å². The number of sulfonamides is 1. The van der Waals surface area contributed by atoms with Crippen molar-refractivity contribution < 1.29 is 13.2 Å². The maximum Gasteiger partial charge on any atom is 0.251 e. The first-order chi connectivity index (χ1) is 9.58. The Bertz CT molecular complexity index is 665. The van der Waals surface area contributed by atoms with Crippen LogP contribution in [0, 0.1) is 12.3 Å². The number of amides is 1. The second-order valence-corrected chi connectivity index (χ2v) is 8.16. The van der Waals surface area contributed by atoms with E-state index >= 15 is 0 Å². The molecule has 2 rings (SSSR count). The molecule has 116 valence electrons. The summed E-state index contributed by atoms with van der Waals surface area (Å²) in [7, 11) is -3.74. The molecule has 1 fully saturated rings. The molecule has 1 aromatic carbocycles. The smallest absolute Gasteiger partial charge is 0.251 e. The van der Waals surface area contributed by atoms with Crippen LogP contribution in [0.1, 0.15) is 49.0 Å². The van der Waals surface area contributed by atoms with Crippen molar-refractivity contribution in [2.45, 2.75) is 51.0 Å². The molecule has 0 aromatic heterocycles. The van der Waals surface area contributed by atoms with Crippen molar-refractivity contribution >= 4 is 15.9 Å². The summed E-state index contributed by atoms with van der Waals surface area (Å²) in [6, 6.07) is 4.51. The van der Waals surface area contributed by atoms with Crippen LogP contribution in [-0.4, -0.2) is 20.4 Å². The molecule has 1 atom stereocenters. The molecule has 1 unspecified atom stereocenters. The second kappa shape index (κ2) is 5.42. The molecule has 1 saturated carbocycles. The van der Waals surface area contributed by atoms with Crippen molar-refractivity contribution in [3.63, 3.8) is 0 Å². The lowest BCUT2D eigenvalue weighted by atomic mass is 9.92. The van der Waals surface area contributed by atoms with Crippen molar-refractivity contribution in [3.05, 3.63) is 29.3 Å². The zero-order valence-corrected chi connectivity index (χ0v) is 13.5. The van der Waals surface area contributed by atoms with Crippen LogP contribution in [0.2, 0.25) is 0 Å². The van der Waals surface area contributed by atoms with Crippen LogP contribution in [0.4, 0.5) is 0 Å². The minimum atomic E-state index is -3.74. The van der Waals surface area contributed by atoms with Crippen LogP contribution in [-0.2, 0) is 10.0 Å². The SMILES string of the molecule is Cc1cc(S(N)(=O)=O)ccc1C(=O)NC1CCC(C)(C)C1. The Hall–Kier alpha value is -1.40. The highest BCUT2D eigenvalue weighted by atomic mass is 32.2. The predicted molar refractivity (Wildman–Crippen MR) is 81.4 cm³/mol. The first-order valence-electron chi connectivity index (χ1n) is 7.03. The molecule has 0 saturated heterocycles. The predicted octanol–water partition coefficient (Wildman–Crippen LogP) is 1.95. The molecule has 6 heteroatoms. The normalized spacial score (nSPS) is 21.2. The monoisotopic (exact) mass is 310 g/mol. The standard InChI is InChI=1S/C15H22N2O3S/c1-10-8-12(21(16,19)20)4-5-13(10)14(18)17-11-6-7-15(2,3)9-11/h4-5,8,11H,6-7,9H2,1-3H3,(H,17,18)(H2,16,19,20). The number of primary sulfonamides is 1. The molecule has 3 N–H and O–H groups in total. The maximum absolute atomic E-state index is 12.3. The van der Waals surface area contributed by atoms with Gasteiger partial charge in [0.2, 0.25) is 10.0 Å². The van der Waals surface area contributed by atoms with E-state index in [4.69, 9.17) is 5.14 Å². The third-order valence-corrected chi connectivity index (χ3v) is 4.99. The van der Waals surface area contributed by atoms with E-state index < -0.39 is 10.0 Å². The van der Waals surface area contributed by atoms with Crippen molar-refractivity contribution in [3.8, 4) is 0 Å². The fourth-order valence-corrected chi connectivity index (χ4v) is 3.49. The van der Waals surface area contributed by atoms with Crippen LogP contribution in [0.5, 0.6) is 0 Å². The lowest BCUT2D eigenvalue weighted by molar-refractivity contribution is 0.0935. The molecule has 0 heterocycles. The van der Waals surface area contributed by atoms with Gasteiger partial charge >= 0.3 is 0 Å². The number of rotatable bonds is 3. The van der Waals surface area contributed by atoms with Gasteiger partial charge in [0.1, 0.15) is 0 Å². The first-order valence-corrected chi connectivity index (χ1v) is 8.57. The minimum Gasteiger partial charge on any atom is -0.349 e. The quantitative estimate of drug-likeness (QED) is 0.894. The van der Waals surface area contributed by atoms with Crippen LogP contribution < -0.4 is 10.5 Å². The number of aryl methyl sites for hydroxylation is 1. The summed E-state index contributed by atoms with van der Waals surface area (Å²) in [5.74, 6) is -0.156. The van der Waals surface area contributed by atoms with Crippen LogP contribution >= 0.6 is 0 Å². The van der Waals surface area contributed by atoms with Crippen LogP contribution in [0.15, 0.2) is 23.1 Å². The Labute approximate surface area is 126 Å². The van der Waals surface area contributed by atoms with Gasteiger partial charge in [-0.3, -0.25) is 4.79 Å². The Kier molecular flexibility index (Phi) is 4.13. The van der Waals surface area contributed by atoms with E-state index in [0.29, 0.717) is 11.1 Å². The molecule has 1 aromatic rings. The molecule has 1 aliphatic carbocycles. The van der Waals surface area contributed by atoms with Gasteiger partial charge in [-0.15, -0.1) is 0 Å². The van der Waals surface area contributed by atoms with E-state index in [1.165, 1.54) is 18.2 Å². The average Bonchev–Trinajstić information content (AvgIpc) is 2.67. The maximum atomic E-state index is 12.3. The Morgan fingerprint density at radius 2 is 2.05 bits per heavy atom. The summed E-state index contributed by atoms with van der Waals surface area (Å²) < 4.78 is 22.6. The highest BCUT2D eigenvalue weighted by molar-refractivity contribution is 7.89. The van der Waals surface area contributed by atoms with Gasteiger partial charge in [0.05, 0.1) is 4.90 Å². The summed E-state index contributed by atoms with van der Waals surface area (Å²) in [5, 5.41) is 8.12. The molecular formula is C15H22N2O3S. The summed E-state index contributed by atoms with van der Waals surface area (Å²) in [4.78, 5) is 12.3. The zero-order chi connectivity index (χ0) is 15.8. The molecule has 0 aliphatic heterocycles. The van der Waals surface area contributed by atoms with E-state index in [1.54, 1.807) is 6.92 Å². The van der Waals surface area contributed by atoms with Crippen molar-refractivity contribution in [2.24, 2.45) is 10.6 Å². The molecule has 0 bridgehead atoms. The number of carbonyl (C=O) groups is 1. The van der Waals surface area contributed by atoms with Crippen LogP contribution in [0.25, 0.3) is 0 Å². The number of carbonyl (C=O) groups excluding carboxylic acids is 1. The third kappa shape index (κ3) is 3.83. The zero-order valence-electron chi connectivity index (χ0n) is 12.6. The van der Waals surface area contributed by atoms with Crippen molar-refractivity contribution in [1.29, 1.82) is 0 Å². The van der Waals surface area contributed by atoms with E-state index in [1.807, 2.05) is 0 Å². The molecule has 1 amide bonds. The van der Waals surface area contributed by atoms with E-state index in [-0.39, 0.29) is 22.3 Å². The third-order valence-electron chi connectivity index (χ3n) is 4.07. The minimum absolute atomic E-state index is 0.0264. The largest absolute Gasteiger partial charge is 0.349 e. The van der Waals surface area contributed by atoms with Gasteiger partial charge in [0.25, 0.3) is 5.91 Å². The number of hydrogen-bond acceptors (Lipinski definition) is 3. The Balaban J connectivity index is 2.14. The van der Waals surface area contributed by atoms with Crippen molar-refractivity contribution in [1.82, 2.24) is 5.32 Å². The molecule has 0 spiro atoms. The number of nitrogens with two attached hydrogens (primary N) is 1. The number of nitrogens with one attached hydrogen (secondary N) is 1. The lowest BCUT2D eigenvalue weighted by Crippen LogP contribution is -2.34. The van der Waals surface area contributed by atoms with E-state index in [9.17, 15) is 13.2 Å². The molecule has 0 radical (unpaired) electrons. The number of benzene rings is 1. The van der Waals surface area contributed by atoms with Gasteiger partial charge in [-0.2, -0.15) is 0 Å². The summed E-state index contributed by atoms with van der Waals surface area (Å²) in [6.45, 7) is 6.11. The van der Waals surface area contributed by atoms with Crippen molar-refractivity contribution in [2.75, 3.05) is 0 Å². The molecule has 1 aliphatic rings. The van der Waals surface area contributed by atoms with Gasteiger partial charge in [-0.1, -0.05) is 13.8 Å². The lowest BCUT2D eigenvalue weighted by Gasteiger charge is -2.18. The first kappa shape index (κ1) is 16.0. The fraction of sp³-hybridized carbons (Fsp3) is 0.533. The van der Waals surface area contributed by atoms with E-state index in [2.05, 4.69) is 19.2 Å². The van der Waals surface area contributed by atoms with Gasteiger partial charge in [0.15, 0.2) is 0 Å². The van der Waals surface area contributed by atoms with Gasteiger partial charge in [0, 0.05) is 11.6 Å². The Morgan fingerprint density at radius 1 is 1.38 bits per heavy atom. The second-order valence-electron chi connectivity index (χ2n) is 6.60. The van der Waals surface area contributed by atoms with Gasteiger partial charge in [-0.05, 0) is 55.4 Å². The topological polar surface area (TPSA) is 89.3 Å². The molecule has 21 heavy (non-hydrogen) atoms. The Morgan fingerprint density at radius 3 is 2.52 bits per heavy atom.